The van der Waals surface area contributed by atoms with Gasteiger partial charge in [0, 0.05) is 17.0 Å². The standard InChI is InChI=1S/C20H23N3O3S2/c1-20(2,3)16-9-5-14(6-10-16)13-27-19-22-21-18(26-19)15-7-11-17(12-8-15)23-28(4,24)25/h5-12,23H,13H2,1-4H3. The topological polar surface area (TPSA) is 85.1 Å². The van der Waals surface area contributed by atoms with Gasteiger partial charge in [-0.1, -0.05) is 56.8 Å². The van der Waals surface area contributed by atoms with E-state index in [1.165, 1.54) is 22.9 Å². The van der Waals surface area contributed by atoms with Crippen LogP contribution in [-0.4, -0.2) is 24.9 Å². The fourth-order valence-corrected chi connectivity index (χ4v) is 3.81. The lowest BCUT2D eigenvalue weighted by atomic mass is 9.87. The number of rotatable bonds is 6. The van der Waals surface area contributed by atoms with Gasteiger partial charge in [0.1, 0.15) is 0 Å². The van der Waals surface area contributed by atoms with Crippen LogP contribution in [0.4, 0.5) is 5.69 Å². The number of nitrogens with zero attached hydrogens (tertiary/aromatic N) is 2. The van der Waals surface area contributed by atoms with Gasteiger partial charge in [0.15, 0.2) is 0 Å². The molecule has 0 amide bonds. The van der Waals surface area contributed by atoms with Gasteiger partial charge in [-0.25, -0.2) is 8.42 Å². The third kappa shape index (κ3) is 5.59. The van der Waals surface area contributed by atoms with Crippen LogP contribution in [0.3, 0.4) is 0 Å². The van der Waals surface area contributed by atoms with Crippen LogP contribution >= 0.6 is 11.8 Å². The molecule has 3 aromatic rings. The summed E-state index contributed by atoms with van der Waals surface area (Å²) in [5.74, 6) is 1.14. The number of hydrogen-bond acceptors (Lipinski definition) is 6. The normalized spacial score (nSPS) is 12.1. The first-order valence-electron chi connectivity index (χ1n) is 8.74. The molecule has 0 aliphatic carbocycles. The molecule has 1 heterocycles. The molecule has 0 bridgehead atoms. The summed E-state index contributed by atoms with van der Waals surface area (Å²) in [6.45, 7) is 6.58. The largest absolute Gasteiger partial charge is 0.411 e. The molecular weight excluding hydrogens is 394 g/mol. The quantitative estimate of drug-likeness (QED) is 0.585. The van der Waals surface area contributed by atoms with E-state index in [0.29, 0.717) is 16.8 Å². The van der Waals surface area contributed by atoms with Gasteiger partial charge in [0.25, 0.3) is 5.22 Å². The predicted molar refractivity (Wildman–Crippen MR) is 113 cm³/mol. The van der Waals surface area contributed by atoms with Crippen LogP contribution in [0.1, 0.15) is 31.9 Å². The van der Waals surface area contributed by atoms with Crippen molar-refractivity contribution in [1.82, 2.24) is 10.2 Å². The van der Waals surface area contributed by atoms with Crippen molar-refractivity contribution < 1.29 is 12.8 Å². The van der Waals surface area contributed by atoms with Gasteiger partial charge in [0.2, 0.25) is 15.9 Å². The SMILES string of the molecule is CC(C)(C)c1ccc(CSc2nnc(-c3ccc(NS(C)(=O)=O)cc3)o2)cc1. The van der Waals surface area contributed by atoms with Crippen molar-refractivity contribution in [1.29, 1.82) is 0 Å². The van der Waals surface area contributed by atoms with Crippen LogP contribution in [0, 0.1) is 0 Å². The lowest BCUT2D eigenvalue weighted by Crippen LogP contribution is -2.10. The number of anilines is 1. The van der Waals surface area contributed by atoms with Gasteiger partial charge in [0.05, 0.1) is 6.26 Å². The zero-order valence-electron chi connectivity index (χ0n) is 16.3. The predicted octanol–water partition coefficient (Wildman–Crippen LogP) is 4.70. The summed E-state index contributed by atoms with van der Waals surface area (Å²) >= 11 is 1.48. The molecule has 0 spiro atoms. The second-order valence-corrected chi connectivity index (χ2v) is 10.2. The van der Waals surface area contributed by atoms with E-state index in [9.17, 15) is 8.42 Å². The fraction of sp³-hybridized carbons (Fsp3) is 0.300. The second kappa shape index (κ2) is 7.97. The van der Waals surface area contributed by atoms with Gasteiger partial charge >= 0.3 is 0 Å². The molecule has 2 aromatic carbocycles. The highest BCUT2D eigenvalue weighted by Crippen LogP contribution is 2.28. The minimum absolute atomic E-state index is 0.138. The van der Waals surface area contributed by atoms with E-state index in [0.717, 1.165) is 17.6 Å². The molecule has 0 aliphatic heterocycles. The van der Waals surface area contributed by atoms with E-state index in [2.05, 4.69) is 60.0 Å². The van der Waals surface area contributed by atoms with Crippen LogP contribution in [0.5, 0.6) is 0 Å². The Kier molecular flexibility index (Phi) is 5.81. The number of nitrogens with one attached hydrogen (secondary N) is 1. The molecule has 0 aliphatic rings. The summed E-state index contributed by atoms with van der Waals surface area (Å²) in [5.41, 5.74) is 3.84. The molecular formula is C20H23N3O3S2. The third-order valence-corrected chi connectivity index (χ3v) is 5.52. The maximum Gasteiger partial charge on any atom is 0.277 e. The number of hydrogen-bond donors (Lipinski definition) is 1. The summed E-state index contributed by atoms with van der Waals surface area (Å²) in [6.07, 6.45) is 1.11. The Balaban J connectivity index is 1.62. The summed E-state index contributed by atoms with van der Waals surface area (Å²) in [6, 6.07) is 15.3. The average Bonchev–Trinajstić information content (AvgIpc) is 3.08. The second-order valence-electron chi connectivity index (χ2n) is 7.56. The van der Waals surface area contributed by atoms with Gasteiger partial charge < -0.3 is 4.42 Å². The van der Waals surface area contributed by atoms with E-state index in [1.54, 1.807) is 24.3 Å². The smallest absolute Gasteiger partial charge is 0.277 e. The van der Waals surface area contributed by atoms with Crippen molar-refractivity contribution in [2.45, 2.75) is 37.2 Å². The molecule has 1 N–H and O–H groups in total. The summed E-state index contributed by atoms with van der Waals surface area (Å²) in [4.78, 5) is 0. The first-order valence-corrected chi connectivity index (χ1v) is 11.6. The molecule has 6 nitrogen and oxygen atoms in total. The molecule has 8 heteroatoms. The maximum absolute atomic E-state index is 11.3. The Bertz CT molecular complexity index is 1040. The summed E-state index contributed by atoms with van der Waals surface area (Å²) < 4.78 is 30.7. The van der Waals surface area contributed by atoms with Crippen molar-refractivity contribution >= 4 is 27.5 Å². The Morgan fingerprint density at radius 3 is 2.21 bits per heavy atom. The molecule has 148 valence electrons. The van der Waals surface area contributed by atoms with E-state index in [1.807, 2.05) is 0 Å². The number of thioether (sulfide) groups is 1. The molecule has 0 atom stereocenters. The van der Waals surface area contributed by atoms with Crippen LogP contribution < -0.4 is 4.72 Å². The van der Waals surface area contributed by atoms with Crippen LogP contribution in [0.2, 0.25) is 0 Å². The summed E-state index contributed by atoms with van der Waals surface area (Å²) in [5, 5.41) is 8.65. The zero-order chi connectivity index (χ0) is 20.4. The third-order valence-electron chi connectivity index (χ3n) is 4.02. The monoisotopic (exact) mass is 417 g/mol. The van der Waals surface area contributed by atoms with Gasteiger partial charge in [-0.15, -0.1) is 10.2 Å². The molecule has 1 aromatic heterocycles. The van der Waals surface area contributed by atoms with E-state index < -0.39 is 10.0 Å². The van der Waals surface area contributed by atoms with Crippen molar-refractivity contribution in [3.05, 3.63) is 59.7 Å². The van der Waals surface area contributed by atoms with Gasteiger partial charge in [-0.2, -0.15) is 0 Å². The average molecular weight is 418 g/mol. The Morgan fingerprint density at radius 2 is 1.64 bits per heavy atom. The Hall–Kier alpha value is -2.32. The van der Waals surface area contributed by atoms with Crippen LogP contribution in [0.25, 0.3) is 11.5 Å². The molecule has 0 unspecified atom stereocenters. The minimum Gasteiger partial charge on any atom is -0.411 e. The first-order chi connectivity index (χ1) is 13.1. The number of aromatic nitrogens is 2. The molecule has 0 saturated carbocycles. The zero-order valence-corrected chi connectivity index (χ0v) is 17.9. The lowest BCUT2D eigenvalue weighted by molar-refractivity contribution is 0.466. The molecule has 0 saturated heterocycles. The van der Waals surface area contributed by atoms with Crippen LogP contribution in [0.15, 0.2) is 58.2 Å². The van der Waals surface area contributed by atoms with Crippen molar-refractivity contribution in [2.75, 3.05) is 11.0 Å². The van der Waals surface area contributed by atoms with Gasteiger partial charge in [-0.05, 0) is 40.8 Å². The Labute approximate surface area is 169 Å². The highest BCUT2D eigenvalue weighted by atomic mass is 32.2. The van der Waals surface area contributed by atoms with E-state index in [4.69, 9.17) is 4.42 Å². The van der Waals surface area contributed by atoms with E-state index >= 15 is 0 Å². The fourth-order valence-electron chi connectivity index (χ4n) is 2.53. The van der Waals surface area contributed by atoms with Gasteiger partial charge in [-0.3, -0.25) is 4.72 Å². The molecule has 0 radical (unpaired) electrons. The minimum atomic E-state index is -3.30. The van der Waals surface area contributed by atoms with Crippen molar-refractivity contribution in [3.8, 4) is 11.5 Å². The molecule has 3 rings (SSSR count). The number of benzene rings is 2. The Morgan fingerprint density at radius 1 is 1.00 bits per heavy atom. The molecule has 28 heavy (non-hydrogen) atoms. The van der Waals surface area contributed by atoms with Crippen LogP contribution in [-0.2, 0) is 21.2 Å². The maximum atomic E-state index is 11.3. The lowest BCUT2D eigenvalue weighted by Gasteiger charge is -2.19. The molecule has 0 fully saturated rings. The highest BCUT2D eigenvalue weighted by Gasteiger charge is 2.13. The van der Waals surface area contributed by atoms with Crippen molar-refractivity contribution in [2.24, 2.45) is 0 Å². The summed E-state index contributed by atoms with van der Waals surface area (Å²) in [7, 11) is -3.30. The number of sulfonamides is 1. The highest BCUT2D eigenvalue weighted by molar-refractivity contribution is 7.98. The van der Waals surface area contributed by atoms with Crippen molar-refractivity contribution in [3.63, 3.8) is 0 Å². The first kappa shape index (κ1) is 20.4. The van der Waals surface area contributed by atoms with E-state index in [-0.39, 0.29) is 5.41 Å².